The molecular weight excluding hydrogens is 380 g/mol. The molecule has 2 aromatic rings. The highest BCUT2D eigenvalue weighted by Gasteiger charge is 2.21. The van der Waals surface area contributed by atoms with E-state index >= 15 is 0 Å². The third kappa shape index (κ3) is 4.15. The molecule has 0 radical (unpaired) electrons. The molecule has 3 rings (SSSR count). The van der Waals surface area contributed by atoms with Gasteiger partial charge in [0.2, 0.25) is 5.91 Å². The van der Waals surface area contributed by atoms with E-state index in [2.05, 4.69) is 22.0 Å². The van der Waals surface area contributed by atoms with Crippen LogP contribution in [0.3, 0.4) is 0 Å². The van der Waals surface area contributed by atoms with Crippen molar-refractivity contribution >= 4 is 23.1 Å². The topological polar surface area (TPSA) is 115 Å². The van der Waals surface area contributed by atoms with Crippen LogP contribution < -0.4 is 16.8 Å². The number of allylic oxidation sites excluding steroid dienone is 1. The molecule has 0 spiro atoms. The maximum Gasteiger partial charge on any atom is 0.246 e. The fourth-order valence-electron chi connectivity index (χ4n) is 2.72. The number of hydrogen-bond donors (Lipinski definition) is 3. The molecule has 0 saturated heterocycles. The molecule has 0 fully saturated rings. The highest BCUT2D eigenvalue weighted by Crippen LogP contribution is 2.26. The first-order valence-corrected chi connectivity index (χ1v) is 8.50. The quantitative estimate of drug-likeness (QED) is 0.712. The molecule has 1 aliphatic rings. The first-order valence-electron chi connectivity index (χ1n) is 8.50. The van der Waals surface area contributed by atoms with Crippen molar-refractivity contribution in [1.29, 1.82) is 0 Å². The zero-order valence-corrected chi connectivity index (χ0v) is 15.6. The van der Waals surface area contributed by atoms with E-state index in [0.717, 1.165) is 6.07 Å². The van der Waals surface area contributed by atoms with Gasteiger partial charge in [-0.2, -0.15) is 5.10 Å². The minimum atomic E-state index is -1.12. The average molecular weight is 399 g/mol. The van der Waals surface area contributed by atoms with Crippen LogP contribution in [-0.4, -0.2) is 26.4 Å². The van der Waals surface area contributed by atoms with Crippen LogP contribution >= 0.6 is 0 Å². The van der Waals surface area contributed by atoms with Crippen molar-refractivity contribution in [3.8, 4) is 0 Å². The molecule has 0 saturated carbocycles. The third-order valence-corrected chi connectivity index (χ3v) is 4.08. The number of anilines is 1. The number of carbonyl (C=O) groups is 1. The van der Waals surface area contributed by atoms with Crippen molar-refractivity contribution in [3.05, 3.63) is 78.2 Å². The molecule has 150 valence electrons. The van der Waals surface area contributed by atoms with Crippen LogP contribution in [0.5, 0.6) is 0 Å². The fourth-order valence-corrected chi connectivity index (χ4v) is 2.72. The van der Waals surface area contributed by atoms with E-state index in [-0.39, 0.29) is 18.1 Å². The van der Waals surface area contributed by atoms with Crippen LogP contribution in [0.4, 0.5) is 14.5 Å². The Labute approximate surface area is 165 Å². The Balaban J connectivity index is 1.74. The summed E-state index contributed by atoms with van der Waals surface area (Å²) in [6, 6.07) is 3.53. The summed E-state index contributed by atoms with van der Waals surface area (Å²) < 4.78 is 28.3. The zero-order chi connectivity index (χ0) is 21.1. The van der Waals surface area contributed by atoms with E-state index in [1.807, 2.05) is 0 Å². The highest BCUT2D eigenvalue weighted by atomic mass is 19.2. The summed E-state index contributed by atoms with van der Waals surface area (Å²) in [4.78, 5) is 18.0. The first-order chi connectivity index (χ1) is 13.8. The van der Waals surface area contributed by atoms with Crippen molar-refractivity contribution in [1.82, 2.24) is 14.7 Å². The van der Waals surface area contributed by atoms with Gasteiger partial charge >= 0.3 is 0 Å². The van der Waals surface area contributed by atoms with Gasteiger partial charge in [0, 0.05) is 24.2 Å². The molecule has 1 amide bonds. The lowest BCUT2D eigenvalue weighted by Gasteiger charge is -2.27. The Hall–Kier alpha value is -3.95. The number of aromatic nitrogens is 2. The fraction of sp³-hybridized carbons (Fsp3) is 0.105. The summed E-state index contributed by atoms with van der Waals surface area (Å²) >= 11 is 0. The lowest BCUT2D eigenvalue weighted by atomic mass is 10.2. The number of carbonyl (C=O) groups excluding carboxylic acids is 1. The number of amides is 1. The summed E-state index contributed by atoms with van der Waals surface area (Å²) in [6.07, 6.45) is 6.16. The summed E-state index contributed by atoms with van der Waals surface area (Å²) in [5.74, 6) is -2.49. The van der Waals surface area contributed by atoms with Crippen LogP contribution in [0.25, 0.3) is 5.70 Å². The molecule has 0 bridgehead atoms. The number of nitrogens with two attached hydrogens (primary N) is 2. The van der Waals surface area contributed by atoms with E-state index in [9.17, 15) is 13.6 Å². The van der Waals surface area contributed by atoms with Gasteiger partial charge in [-0.15, -0.1) is 0 Å². The molecule has 29 heavy (non-hydrogen) atoms. The molecule has 0 aliphatic carbocycles. The lowest BCUT2D eigenvalue weighted by Crippen LogP contribution is -2.29. The van der Waals surface area contributed by atoms with Crippen molar-refractivity contribution in [2.75, 3.05) is 5.32 Å². The van der Waals surface area contributed by atoms with Crippen LogP contribution in [0.15, 0.2) is 66.0 Å². The second-order valence-electron chi connectivity index (χ2n) is 6.21. The van der Waals surface area contributed by atoms with Gasteiger partial charge in [0.05, 0.1) is 29.0 Å². The Morgan fingerprint density at radius 2 is 2.14 bits per heavy atom. The molecule has 0 atom stereocenters. The average Bonchev–Trinajstić information content (AvgIpc) is 3.11. The van der Waals surface area contributed by atoms with Crippen LogP contribution in [0.2, 0.25) is 0 Å². The smallest absolute Gasteiger partial charge is 0.246 e. The zero-order valence-electron chi connectivity index (χ0n) is 15.6. The molecule has 10 heteroatoms. The monoisotopic (exact) mass is 399 g/mol. The number of amidine groups is 1. The number of benzene rings is 1. The summed E-state index contributed by atoms with van der Waals surface area (Å²) in [5, 5.41) is 6.43. The van der Waals surface area contributed by atoms with Gasteiger partial charge in [-0.1, -0.05) is 12.6 Å². The number of halogens is 2. The van der Waals surface area contributed by atoms with Crippen molar-refractivity contribution in [2.24, 2.45) is 16.5 Å². The van der Waals surface area contributed by atoms with Crippen LogP contribution in [0, 0.1) is 11.6 Å². The molecule has 1 aromatic carbocycles. The highest BCUT2D eigenvalue weighted by molar-refractivity contribution is 5.99. The summed E-state index contributed by atoms with van der Waals surface area (Å²) in [6.45, 7) is 5.46. The standard InChI is InChI=1S/C19H19F2N7O/c1-11-8-28(12(2)19(23)25-11)16(6-22)13-7-24-27(9-13)10-17(29)26-15-5-3-4-14(20)18(15)21/h3-9H,2,10,22H2,1H3,(H2,23,25)(H,26,29)/b16-6-. The lowest BCUT2D eigenvalue weighted by molar-refractivity contribution is -0.116. The Morgan fingerprint density at radius 3 is 2.86 bits per heavy atom. The van der Waals surface area contributed by atoms with E-state index in [0.29, 0.717) is 22.7 Å². The predicted octanol–water partition coefficient (Wildman–Crippen LogP) is 2.10. The second kappa shape index (κ2) is 7.97. The largest absolute Gasteiger partial charge is 0.403 e. The maximum absolute atomic E-state index is 13.7. The van der Waals surface area contributed by atoms with E-state index in [4.69, 9.17) is 11.5 Å². The third-order valence-electron chi connectivity index (χ3n) is 4.08. The van der Waals surface area contributed by atoms with Gasteiger partial charge < -0.3 is 21.7 Å². The normalized spacial score (nSPS) is 14.5. The van der Waals surface area contributed by atoms with Gasteiger partial charge in [0.25, 0.3) is 0 Å². The molecule has 5 N–H and O–H groups in total. The SMILES string of the molecule is C=C1C(N)=NC(C)=CN1/C(=C\N)c1cnn(CC(=O)Nc2cccc(F)c2F)c1. The summed E-state index contributed by atoms with van der Waals surface area (Å²) in [7, 11) is 0. The number of hydrogen-bond acceptors (Lipinski definition) is 6. The minimum Gasteiger partial charge on any atom is -0.403 e. The van der Waals surface area contributed by atoms with Gasteiger partial charge in [0.1, 0.15) is 12.4 Å². The number of aliphatic imine (C=N–C) groups is 1. The van der Waals surface area contributed by atoms with Gasteiger partial charge in [-0.25, -0.2) is 13.8 Å². The molecule has 8 nitrogen and oxygen atoms in total. The van der Waals surface area contributed by atoms with Crippen molar-refractivity contribution in [2.45, 2.75) is 13.5 Å². The Morgan fingerprint density at radius 1 is 1.38 bits per heavy atom. The molecular formula is C19H19F2N7O. The maximum atomic E-state index is 13.7. The first kappa shape index (κ1) is 19.8. The van der Waals surface area contributed by atoms with Gasteiger partial charge in [-0.05, 0) is 19.1 Å². The van der Waals surface area contributed by atoms with Gasteiger partial charge in [-0.3, -0.25) is 9.48 Å². The Kier molecular flexibility index (Phi) is 5.44. The van der Waals surface area contributed by atoms with E-state index in [1.165, 1.54) is 29.2 Å². The summed E-state index contributed by atoms with van der Waals surface area (Å²) in [5.41, 5.74) is 13.6. The van der Waals surface area contributed by atoms with E-state index in [1.54, 1.807) is 24.2 Å². The van der Waals surface area contributed by atoms with E-state index < -0.39 is 17.5 Å². The predicted molar refractivity (Wildman–Crippen MR) is 106 cm³/mol. The molecule has 1 aliphatic heterocycles. The molecule has 0 unspecified atom stereocenters. The van der Waals surface area contributed by atoms with Crippen LogP contribution in [0.1, 0.15) is 12.5 Å². The minimum absolute atomic E-state index is 0.215. The number of nitrogens with one attached hydrogen (secondary N) is 1. The second-order valence-corrected chi connectivity index (χ2v) is 6.21. The molecule has 2 heterocycles. The Bertz CT molecular complexity index is 1070. The molecule has 1 aromatic heterocycles. The number of nitrogens with zero attached hydrogens (tertiary/aromatic N) is 4. The van der Waals surface area contributed by atoms with Crippen molar-refractivity contribution < 1.29 is 13.6 Å². The number of rotatable bonds is 5. The van der Waals surface area contributed by atoms with Crippen molar-refractivity contribution in [3.63, 3.8) is 0 Å². The van der Waals surface area contributed by atoms with Gasteiger partial charge in [0.15, 0.2) is 11.6 Å². The van der Waals surface area contributed by atoms with Crippen LogP contribution in [-0.2, 0) is 11.3 Å².